The molecule has 126 valence electrons. The van der Waals surface area contributed by atoms with Gasteiger partial charge in [-0.05, 0) is 55.8 Å². The lowest BCUT2D eigenvalue weighted by molar-refractivity contribution is -0.116. The number of amides is 2. The van der Waals surface area contributed by atoms with E-state index in [1.54, 1.807) is 38.3 Å². The highest BCUT2D eigenvalue weighted by molar-refractivity contribution is 5.97. The first kappa shape index (κ1) is 17.3. The van der Waals surface area contributed by atoms with E-state index in [2.05, 4.69) is 10.6 Å². The monoisotopic (exact) mass is 327 g/mol. The fourth-order valence-electron chi connectivity index (χ4n) is 2.20. The Balaban J connectivity index is 2.04. The number of carbonyl (C=O) groups excluding carboxylic acids is 2. The smallest absolute Gasteiger partial charge is 0.248 e. The van der Waals surface area contributed by atoms with Gasteiger partial charge in [0.25, 0.3) is 0 Å². The summed E-state index contributed by atoms with van der Waals surface area (Å²) in [5.41, 5.74) is 7.99. The molecule has 1 unspecified atom stereocenters. The molecule has 0 aliphatic heterocycles. The summed E-state index contributed by atoms with van der Waals surface area (Å²) < 4.78 is 5.30. The fraction of sp³-hybridized carbons (Fsp3) is 0.222. The molecule has 0 bridgehead atoms. The molecule has 2 aromatic carbocycles. The van der Waals surface area contributed by atoms with Gasteiger partial charge in [0.2, 0.25) is 11.8 Å². The normalized spacial score (nSPS) is 11.5. The number of nitrogens with one attached hydrogen (secondary N) is 2. The minimum Gasteiger partial charge on any atom is -0.495 e. The molecule has 0 aromatic heterocycles. The maximum Gasteiger partial charge on any atom is 0.248 e. The molecule has 24 heavy (non-hydrogen) atoms. The molecule has 0 radical (unpaired) electrons. The van der Waals surface area contributed by atoms with Crippen molar-refractivity contribution in [2.75, 3.05) is 17.7 Å². The number of hydrogen-bond donors (Lipinski definition) is 3. The maximum absolute atomic E-state index is 12.3. The SMILES string of the molecule is COc1ccc(C)cc1NC(C)C(=O)Nc1ccc(C(N)=O)cc1. The van der Waals surface area contributed by atoms with E-state index in [0.29, 0.717) is 17.0 Å². The second-order valence-electron chi connectivity index (χ2n) is 5.50. The van der Waals surface area contributed by atoms with E-state index in [1.807, 2.05) is 25.1 Å². The molecule has 6 nitrogen and oxygen atoms in total. The van der Waals surface area contributed by atoms with E-state index in [9.17, 15) is 9.59 Å². The van der Waals surface area contributed by atoms with E-state index in [4.69, 9.17) is 10.5 Å². The molecular formula is C18H21N3O3. The van der Waals surface area contributed by atoms with Crippen LogP contribution in [0.4, 0.5) is 11.4 Å². The van der Waals surface area contributed by atoms with E-state index >= 15 is 0 Å². The summed E-state index contributed by atoms with van der Waals surface area (Å²) in [4.78, 5) is 23.4. The number of ether oxygens (including phenoxy) is 1. The van der Waals surface area contributed by atoms with E-state index in [-0.39, 0.29) is 5.91 Å². The van der Waals surface area contributed by atoms with E-state index in [1.165, 1.54) is 0 Å². The predicted molar refractivity (Wildman–Crippen MR) is 94.4 cm³/mol. The van der Waals surface area contributed by atoms with Crippen LogP contribution in [0.5, 0.6) is 5.75 Å². The molecule has 2 amide bonds. The number of benzene rings is 2. The van der Waals surface area contributed by atoms with Gasteiger partial charge < -0.3 is 21.1 Å². The zero-order valence-electron chi connectivity index (χ0n) is 13.9. The highest BCUT2D eigenvalue weighted by Crippen LogP contribution is 2.26. The van der Waals surface area contributed by atoms with Crippen molar-refractivity contribution in [1.29, 1.82) is 0 Å². The second kappa shape index (κ2) is 7.50. The Morgan fingerprint density at radius 2 is 1.79 bits per heavy atom. The molecule has 0 heterocycles. The molecule has 6 heteroatoms. The molecule has 0 aliphatic rings. The van der Waals surface area contributed by atoms with E-state index < -0.39 is 11.9 Å². The van der Waals surface area contributed by atoms with Crippen LogP contribution < -0.4 is 21.1 Å². The summed E-state index contributed by atoms with van der Waals surface area (Å²) >= 11 is 0. The van der Waals surface area contributed by atoms with Crippen molar-refractivity contribution in [3.05, 3.63) is 53.6 Å². The lowest BCUT2D eigenvalue weighted by Gasteiger charge is -2.18. The molecule has 1 atom stereocenters. The van der Waals surface area contributed by atoms with Crippen LogP contribution in [0.15, 0.2) is 42.5 Å². The molecule has 0 saturated heterocycles. The zero-order valence-corrected chi connectivity index (χ0v) is 13.9. The minimum absolute atomic E-state index is 0.203. The third kappa shape index (κ3) is 4.25. The standard InChI is InChI=1S/C18H21N3O3/c1-11-4-9-16(24-3)15(10-11)20-12(2)18(23)21-14-7-5-13(6-8-14)17(19)22/h4-10,12,20H,1-3H3,(H2,19,22)(H,21,23). The van der Waals surface area contributed by atoms with Crippen LogP contribution in [0.25, 0.3) is 0 Å². The van der Waals surface area contributed by atoms with Crippen molar-refractivity contribution < 1.29 is 14.3 Å². The molecule has 0 aliphatic carbocycles. The van der Waals surface area contributed by atoms with Gasteiger partial charge in [-0.1, -0.05) is 6.07 Å². The summed E-state index contributed by atoms with van der Waals surface area (Å²) in [6.07, 6.45) is 0. The van der Waals surface area contributed by atoms with Crippen molar-refractivity contribution in [1.82, 2.24) is 0 Å². The maximum atomic E-state index is 12.3. The lowest BCUT2D eigenvalue weighted by atomic mass is 10.1. The number of primary amides is 1. The Hall–Kier alpha value is -3.02. The topological polar surface area (TPSA) is 93.4 Å². The van der Waals surface area contributed by atoms with Gasteiger partial charge in [-0.15, -0.1) is 0 Å². The first-order valence-electron chi connectivity index (χ1n) is 7.52. The Bertz CT molecular complexity index is 742. The lowest BCUT2D eigenvalue weighted by Crippen LogP contribution is -2.32. The van der Waals surface area contributed by atoms with E-state index in [0.717, 1.165) is 11.3 Å². The third-order valence-corrected chi connectivity index (χ3v) is 3.56. The number of carbonyl (C=O) groups is 2. The van der Waals surface area contributed by atoms with Crippen LogP contribution in [-0.4, -0.2) is 25.0 Å². The van der Waals surface area contributed by atoms with Crippen molar-refractivity contribution in [3.8, 4) is 5.75 Å². The quantitative estimate of drug-likeness (QED) is 0.760. The van der Waals surface area contributed by atoms with Crippen molar-refractivity contribution >= 4 is 23.2 Å². The predicted octanol–water partition coefficient (Wildman–Crippen LogP) is 2.54. The zero-order chi connectivity index (χ0) is 17.7. The first-order chi connectivity index (χ1) is 11.4. The summed E-state index contributed by atoms with van der Waals surface area (Å²) in [5, 5.41) is 5.93. The van der Waals surface area contributed by atoms with Gasteiger partial charge in [-0.2, -0.15) is 0 Å². The van der Waals surface area contributed by atoms with Crippen LogP contribution in [-0.2, 0) is 4.79 Å². The minimum atomic E-state index is -0.505. The Labute approximate surface area is 141 Å². The molecular weight excluding hydrogens is 306 g/mol. The average Bonchev–Trinajstić information content (AvgIpc) is 2.55. The summed E-state index contributed by atoms with van der Waals surface area (Å²) in [5.74, 6) is -0.0362. The Morgan fingerprint density at radius 1 is 1.12 bits per heavy atom. The van der Waals surface area contributed by atoms with Gasteiger partial charge in [0.1, 0.15) is 11.8 Å². The van der Waals surface area contributed by atoms with Crippen LogP contribution in [0.1, 0.15) is 22.8 Å². The molecule has 2 aromatic rings. The molecule has 4 N–H and O–H groups in total. The number of methoxy groups -OCH3 is 1. The van der Waals surface area contributed by atoms with Gasteiger partial charge >= 0.3 is 0 Å². The van der Waals surface area contributed by atoms with Gasteiger partial charge in [0, 0.05) is 11.3 Å². The van der Waals surface area contributed by atoms with Gasteiger partial charge in [-0.25, -0.2) is 0 Å². The number of rotatable bonds is 6. The van der Waals surface area contributed by atoms with Crippen LogP contribution in [0, 0.1) is 6.92 Å². The third-order valence-electron chi connectivity index (χ3n) is 3.56. The van der Waals surface area contributed by atoms with Crippen molar-refractivity contribution in [2.45, 2.75) is 19.9 Å². The van der Waals surface area contributed by atoms with Crippen molar-refractivity contribution in [3.63, 3.8) is 0 Å². The molecule has 0 spiro atoms. The Morgan fingerprint density at radius 3 is 2.38 bits per heavy atom. The Kier molecular flexibility index (Phi) is 5.42. The van der Waals surface area contributed by atoms with Gasteiger partial charge in [0.15, 0.2) is 0 Å². The number of hydrogen-bond acceptors (Lipinski definition) is 4. The highest BCUT2D eigenvalue weighted by Gasteiger charge is 2.15. The number of nitrogens with two attached hydrogens (primary N) is 1. The number of anilines is 2. The number of aryl methyl sites for hydroxylation is 1. The summed E-state index contributed by atoms with van der Waals surface area (Å²) in [7, 11) is 1.58. The first-order valence-corrected chi connectivity index (χ1v) is 7.52. The highest BCUT2D eigenvalue weighted by atomic mass is 16.5. The fourth-order valence-corrected chi connectivity index (χ4v) is 2.20. The van der Waals surface area contributed by atoms with Crippen molar-refractivity contribution in [2.24, 2.45) is 5.73 Å². The van der Waals surface area contributed by atoms with Crippen LogP contribution >= 0.6 is 0 Å². The summed E-state index contributed by atoms with van der Waals surface area (Å²) in [6, 6.07) is 11.6. The van der Waals surface area contributed by atoms with Gasteiger partial charge in [0.05, 0.1) is 12.8 Å². The largest absolute Gasteiger partial charge is 0.495 e. The van der Waals surface area contributed by atoms with Crippen LogP contribution in [0.3, 0.4) is 0 Å². The summed E-state index contributed by atoms with van der Waals surface area (Å²) in [6.45, 7) is 3.73. The van der Waals surface area contributed by atoms with Gasteiger partial charge in [-0.3, -0.25) is 9.59 Å². The average molecular weight is 327 g/mol. The molecule has 0 saturated carbocycles. The van der Waals surface area contributed by atoms with Crippen LogP contribution in [0.2, 0.25) is 0 Å². The molecule has 2 rings (SSSR count). The molecule has 0 fully saturated rings. The second-order valence-corrected chi connectivity index (χ2v) is 5.50.